The maximum absolute atomic E-state index is 10.0. The number of nitrogens with one attached hydrogen (secondary N) is 1. The number of nitrogens with zero attached hydrogens (tertiary/aromatic N) is 2. The highest BCUT2D eigenvalue weighted by Gasteiger charge is 2.38. The fourth-order valence-corrected chi connectivity index (χ4v) is 1.51. The van der Waals surface area contributed by atoms with Gasteiger partial charge >= 0.3 is 0 Å². The molecule has 3 N–H and O–H groups in total. The standard InChI is InChI=1S/C8H13N3O3/c12-4-1-6-10-7(14-11-6)8(13)2-3-9-5-8/h9,12-13H,1-5H2. The number of aromatic nitrogens is 2. The molecule has 0 amide bonds. The third-order valence-electron chi connectivity index (χ3n) is 2.33. The Hall–Kier alpha value is -0.980. The summed E-state index contributed by atoms with van der Waals surface area (Å²) in [5.41, 5.74) is -1.03. The quantitative estimate of drug-likeness (QED) is 0.565. The van der Waals surface area contributed by atoms with Crippen molar-refractivity contribution in [1.82, 2.24) is 15.5 Å². The van der Waals surface area contributed by atoms with Crippen LogP contribution in [0.4, 0.5) is 0 Å². The number of hydrogen-bond acceptors (Lipinski definition) is 6. The van der Waals surface area contributed by atoms with E-state index in [-0.39, 0.29) is 12.5 Å². The van der Waals surface area contributed by atoms with Crippen LogP contribution in [0.25, 0.3) is 0 Å². The Bertz CT molecular complexity index is 307. The average Bonchev–Trinajstić information content (AvgIpc) is 2.75. The monoisotopic (exact) mass is 199 g/mol. The van der Waals surface area contributed by atoms with Crippen molar-refractivity contribution < 1.29 is 14.7 Å². The van der Waals surface area contributed by atoms with Gasteiger partial charge in [0.15, 0.2) is 11.4 Å². The number of aliphatic hydroxyl groups is 2. The maximum atomic E-state index is 10.0. The van der Waals surface area contributed by atoms with Gasteiger partial charge < -0.3 is 20.1 Å². The summed E-state index contributed by atoms with van der Waals surface area (Å²) in [6.07, 6.45) is 0.931. The zero-order valence-electron chi connectivity index (χ0n) is 7.73. The van der Waals surface area contributed by atoms with Crippen LogP contribution >= 0.6 is 0 Å². The summed E-state index contributed by atoms with van der Waals surface area (Å²) in [7, 11) is 0. The molecule has 1 aromatic rings. The molecule has 1 saturated heterocycles. The van der Waals surface area contributed by atoms with Gasteiger partial charge in [0.25, 0.3) is 5.89 Å². The van der Waals surface area contributed by atoms with Crippen LogP contribution in [0.15, 0.2) is 4.52 Å². The first kappa shape index (κ1) is 9.57. The lowest BCUT2D eigenvalue weighted by atomic mass is 10.0. The van der Waals surface area contributed by atoms with Crippen molar-refractivity contribution in [3.05, 3.63) is 11.7 Å². The minimum atomic E-state index is -1.03. The van der Waals surface area contributed by atoms with E-state index in [2.05, 4.69) is 15.5 Å². The van der Waals surface area contributed by atoms with Crippen LogP contribution in [0.3, 0.4) is 0 Å². The second-order valence-corrected chi connectivity index (χ2v) is 3.45. The predicted molar refractivity (Wildman–Crippen MR) is 46.5 cm³/mol. The summed E-state index contributed by atoms with van der Waals surface area (Å²) >= 11 is 0. The third-order valence-corrected chi connectivity index (χ3v) is 2.33. The van der Waals surface area contributed by atoms with Crippen molar-refractivity contribution in [3.63, 3.8) is 0 Å². The molecule has 6 heteroatoms. The number of rotatable bonds is 3. The molecule has 1 unspecified atom stereocenters. The van der Waals surface area contributed by atoms with E-state index in [0.29, 0.717) is 25.2 Å². The molecule has 1 aliphatic heterocycles. The SMILES string of the molecule is OCCc1noc(C2(O)CCNC2)n1. The van der Waals surface area contributed by atoms with Crippen molar-refractivity contribution >= 4 is 0 Å². The van der Waals surface area contributed by atoms with Crippen LogP contribution in [0, 0.1) is 0 Å². The van der Waals surface area contributed by atoms with Crippen molar-refractivity contribution in [2.75, 3.05) is 19.7 Å². The average molecular weight is 199 g/mol. The molecule has 1 atom stereocenters. The van der Waals surface area contributed by atoms with Gasteiger partial charge in [-0.05, 0) is 13.0 Å². The van der Waals surface area contributed by atoms with Crippen LogP contribution < -0.4 is 5.32 Å². The molecular weight excluding hydrogens is 186 g/mol. The Balaban J connectivity index is 2.15. The first-order valence-electron chi connectivity index (χ1n) is 4.62. The first-order chi connectivity index (χ1) is 6.74. The molecule has 6 nitrogen and oxygen atoms in total. The number of aliphatic hydroxyl groups excluding tert-OH is 1. The van der Waals surface area contributed by atoms with Crippen molar-refractivity contribution in [3.8, 4) is 0 Å². The fraction of sp³-hybridized carbons (Fsp3) is 0.750. The predicted octanol–water partition coefficient (Wildman–Crippen LogP) is -1.21. The largest absolute Gasteiger partial charge is 0.396 e. The van der Waals surface area contributed by atoms with Gasteiger partial charge in [-0.3, -0.25) is 0 Å². The summed E-state index contributed by atoms with van der Waals surface area (Å²) in [5, 5.41) is 25.4. The number of β-amino-alcohol motifs (C(OH)–C–C–N with tert-alkyl or cyclic N) is 1. The molecule has 14 heavy (non-hydrogen) atoms. The fourth-order valence-electron chi connectivity index (χ4n) is 1.51. The highest BCUT2D eigenvalue weighted by Crippen LogP contribution is 2.25. The molecule has 2 heterocycles. The first-order valence-corrected chi connectivity index (χ1v) is 4.62. The number of hydrogen-bond donors (Lipinski definition) is 3. The van der Waals surface area contributed by atoms with Gasteiger partial charge in [0.05, 0.1) is 6.61 Å². The highest BCUT2D eigenvalue weighted by atomic mass is 16.5. The van der Waals surface area contributed by atoms with Crippen molar-refractivity contribution in [2.24, 2.45) is 0 Å². The van der Waals surface area contributed by atoms with Gasteiger partial charge in [-0.25, -0.2) is 0 Å². The van der Waals surface area contributed by atoms with Gasteiger partial charge in [-0.15, -0.1) is 0 Å². The molecule has 0 saturated carbocycles. The lowest BCUT2D eigenvalue weighted by Crippen LogP contribution is -2.28. The zero-order valence-corrected chi connectivity index (χ0v) is 7.73. The lowest BCUT2D eigenvalue weighted by molar-refractivity contribution is 0.0243. The van der Waals surface area contributed by atoms with E-state index in [1.807, 2.05) is 0 Å². The third kappa shape index (κ3) is 1.63. The Morgan fingerprint density at radius 1 is 1.57 bits per heavy atom. The topological polar surface area (TPSA) is 91.4 Å². The summed E-state index contributed by atoms with van der Waals surface area (Å²) < 4.78 is 4.94. The van der Waals surface area contributed by atoms with E-state index in [9.17, 15) is 5.11 Å². The molecule has 0 aromatic carbocycles. The Morgan fingerprint density at radius 3 is 3.07 bits per heavy atom. The van der Waals surface area contributed by atoms with E-state index in [0.717, 1.165) is 6.54 Å². The maximum Gasteiger partial charge on any atom is 0.259 e. The van der Waals surface area contributed by atoms with Crippen molar-refractivity contribution in [1.29, 1.82) is 0 Å². The molecule has 1 aliphatic rings. The van der Waals surface area contributed by atoms with E-state index in [1.54, 1.807) is 0 Å². The summed E-state index contributed by atoms with van der Waals surface area (Å²) in [4.78, 5) is 4.03. The van der Waals surface area contributed by atoms with E-state index in [4.69, 9.17) is 9.63 Å². The van der Waals surface area contributed by atoms with Crippen LogP contribution in [-0.4, -0.2) is 40.1 Å². The lowest BCUT2D eigenvalue weighted by Gasteiger charge is -2.14. The van der Waals surface area contributed by atoms with E-state index in [1.165, 1.54) is 0 Å². The van der Waals surface area contributed by atoms with E-state index >= 15 is 0 Å². The normalized spacial score (nSPS) is 27.0. The molecule has 1 fully saturated rings. The van der Waals surface area contributed by atoms with Crippen LogP contribution in [0.1, 0.15) is 18.1 Å². The highest BCUT2D eigenvalue weighted by molar-refractivity contribution is 5.03. The summed E-state index contributed by atoms with van der Waals surface area (Å²) in [6.45, 7) is 1.16. The van der Waals surface area contributed by atoms with Crippen LogP contribution in [0.2, 0.25) is 0 Å². The second-order valence-electron chi connectivity index (χ2n) is 3.45. The van der Waals surface area contributed by atoms with Gasteiger partial charge in [-0.1, -0.05) is 5.16 Å². The van der Waals surface area contributed by atoms with Crippen LogP contribution in [-0.2, 0) is 12.0 Å². The molecule has 1 aromatic heterocycles. The molecule has 78 valence electrons. The molecule has 2 rings (SSSR count). The Labute approximate surface area is 80.9 Å². The molecule has 0 spiro atoms. The molecular formula is C8H13N3O3. The minimum absolute atomic E-state index is 0.0182. The minimum Gasteiger partial charge on any atom is -0.396 e. The Morgan fingerprint density at radius 2 is 2.43 bits per heavy atom. The molecule has 0 bridgehead atoms. The van der Waals surface area contributed by atoms with E-state index < -0.39 is 5.60 Å². The van der Waals surface area contributed by atoms with Gasteiger partial charge in [0.2, 0.25) is 0 Å². The van der Waals surface area contributed by atoms with Crippen molar-refractivity contribution in [2.45, 2.75) is 18.4 Å². The molecule has 0 aliphatic carbocycles. The second kappa shape index (κ2) is 3.64. The van der Waals surface area contributed by atoms with Gasteiger partial charge in [0, 0.05) is 13.0 Å². The summed E-state index contributed by atoms with van der Waals surface area (Å²) in [6, 6.07) is 0. The zero-order chi connectivity index (χ0) is 10.0. The van der Waals surface area contributed by atoms with Gasteiger partial charge in [-0.2, -0.15) is 4.98 Å². The van der Waals surface area contributed by atoms with Crippen LogP contribution in [0.5, 0.6) is 0 Å². The smallest absolute Gasteiger partial charge is 0.259 e. The van der Waals surface area contributed by atoms with Gasteiger partial charge in [0.1, 0.15) is 0 Å². The Kier molecular flexibility index (Phi) is 2.49. The molecule has 0 radical (unpaired) electrons. The summed E-state index contributed by atoms with van der Waals surface area (Å²) in [5.74, 6) is 0.675.